The summed E-state index contributed by atoms with van der Waals surface area (Å²) in [6.07, 6.45) is 4.24. The quantitative estimate of drug-likeness (QED) is 0.803. The van der Waals surface area contributed by atoms with Gasteiger partial charge in [0.25, 0.3) is 11.5 Å². The number of aryl methyl sites for hydroxylation is 2. The number of aromatic nitrogens is 3. The Bertz CT molecular complexity index is 678. The second kappa shape index (κ2) is 7.12. The molecule has 0 fully saturated rings. The Morgan fingerprint density at radius 2 is 2.14 bits per heavy atom. The first-order valence-corrected chi connectivity index (χ1v) is 7.75. The topological polar surface area (TPSA) is 87.7 Å². The molecule has 1 amide bonds. The smallest absolute Gasteiger partial charge is 0.263 e. The predicted octanol–water partition coefficient (Wildman–Crippen LogP) is 2.52. The number of unbranched alkanes of at least 4 members (excludes halogenated alkanes) is 2. The van der Waals surface area contributed by atoms with Gasteiger partial charge in [-0.15, -0.1) is 10.2 Å². The highest BCUT2D eigenvalue weighted by Gasteiger charge is 2.13. The minimum atomic E-state index is -0.465. The first-order chi connectivity index (χ1) is 10.1. The number of aromatic amines is 1. The molecule has 2 aromatic rings. The van der Waals surface area contributed by atoms with Gasteiger partial charge in [-0.3, -0.25) is 14.9 Å². The molecule has 0 aromatic carbocycles. The molecule has 112 valence electrons. The summed E-state index contributed by atoms with van der Waals surface area (Å²) in [4.78, 5) is 26.3. The van der Waals surface area contributed by atoms with E-state index >= 15 is 0 Å². The third-order valence-electron chi connectivity index (χ3n) is 2.98. The van der Waals surface area contributed by atoms with E-state index in [2.05, 4.69) is 27.4 Å². The standard InChI is InChI=1S/C14H18N4O2S/c1-3-4-5-6-11-17-18-14(21-11)16-13(20)10-8-7-9(2)15-12(10)19/h7-8H,3-6H2,1-2H3,(H,15,19)(H,16,18,20). The Morgan fingerprint density at radius 1 is 1.33 bits per heavy atom. The van der Waals surface area contributed by atoms with E-state index in [-0.39, 0.29) is 5.56 Å². The average molecular weight is 306 g/mol. The molecule has 6 nitrogen and oxygen atoms in total. The molecule has 0 radical (unpaired) electrons. The van der Waals surface area contributed by atoms with Gasteiger partial charge in [0.05, 0.1) is 0 Å². The summed E-state index contributed by atoms with van der Waals surface area (Å²) in [6.45, 7) is 3.90. The van der Waals surface area contributed by atoms with Gasteiger partial charge < -0.3 is 4.98 Å². The molecule has 0 saturated heterocycles. The zero-order valence-electron chi connectivity index (χ0n) is 12.1. The van der Waals surface area contributed by atoms with Crippen molar-refractivity contribution in [3.63, 3.8) is 0 Å². The van der Waals surface area contributed by atoms with Gasteiger partial charge in [-0.2, -0.15) is 0 Å². The van der Waals surface area contributed by atoms with Gasteiger partial charge in [-0.1, -0.05) is 31.1 Å². The van der Waals surface area contributed by atoms with Crippen LogP contribution >= 0.6 is 11.3 Å². The molecule has 0 aliphatic heterocycles. The van der Waals surface area contributed by atoms with Crippen molar-refractivity contribution in [1.29, 1.82) is 0 Å². The van der Waals surface area contributed by atoms with E-state index in [0.29, 0.717) is 10.8 Å². The number of rotatable bonds is 6. The van der Waals surface area contributed by atoms with E-state index in [1.807, 2.05) is 0 Å². The molecule has 2 rings (SSSR count). The zero-order valence-corrected chi connectivity index (χ0v) is 12.9. The number of anilines is 1. The second-order valence-corrected chi connectivity index (χ2v) is 5.86. The highest BCUT2D eigenvalue weighted by atomic mass is 32.1. The normalized spacial score (nSPS) is 10.6. The lowest BCUT2D eigenvalue weighted by Crippen LogP contribution is -2.23. The van der Waals surface area contributed by atoms with Crippen LogP contribution in [0.25, 0.3) is 0 Å². The van der Waals surface area contributed by atoms with Crippen LogP contribution in [-0.2, 0) is 6.42 Å². The fourth-order valence-electron chi connectivity index (χ4n) is 1.85. The van der Waals surface area contributed by atoms with Crippen LogP contribution in [0.5, 0.6) is 0 Å². The van der Waals surface area contributed by atoms with Crippen LogP contribution < -0.4 is 10.9 Å². The summed E-state index contributed by atoms with van der Waals surface area (Å²) in [7, 11) is 0. The molecule has 0 spiro atoms. The van der Waals surface area contributed by atoms with Crippen molar-refractivity contribution in [3.8, 4) is 0 Å². The van der Waals surface area contributed by atoms with E-state index in [0.717, 1.165) is 30.7 Å². The van der Waals surface area contributed by atoms with Gasteiger partial charge >= 0.3 is 0 Å². The highest BCUT2D eigenvalue weighted by molar-refractivity contribution is 7.15. The van der Waals surface area contributed by atoms with Crippen LogP contribution in [-0.4, -0.2) is 21.1 Å². The first-order valence-electron chi connectivity index (χ1n) is 6.94. The Hall–Kier alpha value is -2.02. The lowest BCUT2D eigenvalue weighted by Gasteiger charge is -2.00. The maximum atomic E-state index is 12.0. The maximum absolute atomic E-state index is 12.0. The number of H-pyrrole nitrogens is 1. The second-order valence-electron chi connectivity index (χ2n) is 4.80. The first kappa shape index (κ1) is 15.4. The molecule has 0 aliphatic carbocycles. The maximum Gasteiger partial charge on any atom is 0.263 e. The fraction of sp³-hybridized carbons (Fsp3) is 0.429. The summed E-state index contributed by atoms with van der Waals surface area (Å²) < 4.78 is 0. The Kier molecular flexibility index (Phi) is 5.21. The van der Waals surface area contributed by atoms with Crippen molar-refractivity contribution >= 4 is 22.4 Å². The van der Waals surface area contributed by atoms with Gasteiger partial charge in [0.1, 0.15) is 10.6 Å². The van der Waals surface area contributed by atoms with Crippen LogP contribution in [0.15, 0.2) is 16.9 Å². The van der Waals surface area contributed by atoms with Crippen molar-refractivity contribution in [2.75, 3.05) is 5.32 Å². The molecule has 0 atom stereocenters. The molecule has 0 unspecified atom stereocenters. The van der Waals surface area contributed by atoms with E-state index in [9.17, 15) is 9.59 Å². The summed E-state index contributed by atoms with van der Waals surface area (Å²) >= 11 is 1.35. The van der Waals surface area contributed by atoms with Gasteiger partial charge in [-0.25, -0.2) is 0 Å². The largest absolute Gasteiger partial charge is 0.326 e. The molecule has 2 N–H and O–H groups in total. The Labute approximate surface area is 126 Å². The number of hydrogen-bond acceptors (Lipinski definition) is 5. The summed E-state index contributed by atoms with van der Waals surface area (Å²) in [6, 6.07) is 3.19. The monoisotopic (exact) mass is 306 g/mol. The number of pyridine rings is 1. The summed E-state index contributed by atoms with van der Waals surface area (Å²) in [5.74, 6) is -0.465. The van der Waals surface area contributed by atoms with Gasteiger partial charge in [0.2, 0.25) is 5.13 Å². The fourth-order valence-corrected chi connectivity index (χ4v) is 2.62. The minimum Gasteiger partial charge on any atom is -0.326 e. The third kappa shape index (κ3) is 4.22. The molecule has 0 aliphatic rings. The van der Waals surface area contributed by atoms with E-state index in [1.54, 1.807) is 13.0 Å². The number of hydrogen-bond donors (Lipinski definition) is 2. The summed E-state index contributed by atoms with van der Waals surface area (Å²) in [5, 5.41) is 11.9. The Morgan fingerprint density at radius 3 is 2.86 bits per heavy atom. The molecule has 7 heteroatoms. The van der Waals surface area contributed by atoms with Crippen molar-refractivity contribution in [2.45, 2.75) is 39.5 Å². The molecule has 0 bridgehead atoms. The van der Waals surface area contributed by atoms with Crippen molar-refractivity contribution in [1.82, 2.24) is 15.2 Å². The van der Waals surface area contributed by atoms with Crippen molar-refractivity contribution in [3.05, 3.63) is 38.8 Å². The Balaban J connectivity index is 2.01. The van der Waals surface area contributed by atoms with Gasteiger partial charge in [-0.05, 0) is 25.5 Å². The molecule has 2 heterocycles. The third-order valence-corrected chi connectivity index (χ3v) is 3.88. The number of nitrogens with one attached hydrogen (secondary N) is 2. The van der Waals surface area contributed by atoms with Crippen LogP contribution in [0.1, 0.15) is 47.2 Å². The van der Waals surface area contributed by atoms with Crippen LogP contribution in [0.2, 0.25) is 0 Å². The zero-order chi connectivity index (χ0) is 15.2. The van der Waals surface area contributed by atoms with Crippen LogP contribution in [0, 0.1) is 6.92 Å². The molecule has 0 saturated carbocycles. The molecule has 2 aromatic heterocycles. The molecular weight excluding hydrogens is 288 g/mol. The number of carbonyl (C=O) groups is 1. The van der Waals surface area contributed by atoms with E-state index in [4.69, 9.17) is 0 Å². The van der Waals surface area contributed by atoms with Crippen molar-refractivity contribution < 1.29 is 4.79 Å². The predicted molar refractivity (Wildman–Crippen MR) is 82.9 cm³/mol. The van der Waals surface area contributed by atoms with Crippen LogP contribution in [0.4, 0.5) is 5.13 Å². The molecular formula is C14H18N4O2S. The number of nitrogens with zero attached hydrogens (tertiary/aromatic N) is 2. The van der Waals surface area contributed by atoms with Crippen LogP contribution in [0.3, 0.4) is 0 Å². The van der Waals surface area contributed by atoms with Crippen molar-refractivity contribution in [2.24, 2.45) is 0 Å². The number of amides is 1. The van der Waals surface area contributed by atoms with E-state index < -0.39 is 11.5 Å². The van der Waals surface area contributed by atoms with E-state index in [1.165, 1.54) is 17.4 Å². The average Bonchev–Trinajstić information content (AvgIpc) is 2.86. The minimum absolute atomic E-state index is 0.0725. The molecule has 21 heavy (non-hydrogen) atoms. The lowest BCUT2D eigenvalue weighted by molar-refractivity contribution is 0.102. The van der Waals surface area contributed by atoms with Gasteiger partial charge in [0, 0.05) is 12.1 Å². The highest BCUT2D eigenvalue weighted by Crippen LogP contribution is 2.17. The van der Waals surface area contributed by atoms with Gasteiger partial charge in [0.15, 0.2) is 0 Å². The SMILES string of the molecule is CCCCCc1nnc(NC(=O)c2ccc(C)[nH]c2=O)s1. The summed E-state index contributed by atoms with van der Waals surface area (Å²) in [5.41, 5.74) is 0.384. The number of carbonyl (C=O) groups excluding carboxylic acids is 1. The lowest BCUT2D eigenvalue weighted by atomic mass is 10.2.